The van der Waals surface area contributed by atoms with Crippen LogP contribution in [-0.4, -0.2) is 49.1 Å². The Hall–Kier alpha value is -0.910. The van der Waals surface area contributed by atoms with E-state index in [4.69, 9.17) is 0 Å². The van der Waals surface area contributed by atoms with Gasteiger partial charge in [0.25, 0.3) is 0 Å². The van der Waals surface area contributed by atoms with E-state index in [1.807, 2.05) is 0 Å². The molecule has 1 aromatic rings. The highest BCUT2D eigenvalue weighted by molar-refractivity contribution is 7.89. The van der Waals surface area contributed by atoms with Crippen molar-refractivity contribution in [2.75, 3.05) is 25.4 Å². The van der Waals surface area contributed by atoms with Gasteiger partial charge in [-0.05, 0) is 36.3 Å². The van der Waals surface area contributed by atoms with Gasteiger partial charge in [0.1, 0.15) is 0 Å². The van der Waals surface area contributed by atoms with E-state index in [-0.39, 0.29) is 0 Å². The second kappa shape index (κ2) is 6.77. The van der Waals surface area contributed by atoms with E-state index >= 15 is 0 Å². The molecule has 1 saturated heterocycles. The average molecular weight is 349 g/mol. The number of hydrogen-bond donors (Lipinski definition) is 0. The molecule has 1 aromatic carbocycles. The van der Waals surface area contributed by atoms with Crippen LogP contribution in [0.2, 0.25) is 0 Å². The fourth-order valence-corrected chi connectivity index (χ4v) is 6.40. The van der Waals surface area contributed by atoms with Gasteiger partial charge in [-0.15, -0.1) is 0 Å². The standard InChI is InChI=1S/C19H28N2O2S/c22-24(23,15-16-6-2-1-3-7-16)21-13-19(14-21)20-11-10-17-8-4-5-9-18(17)12-20/h4-5,8-9,16,19H,1-3,6-7,10-15H2. The minimum absolute atomic E-state index is 0.378. The number of fused-ring (bicyclic) bond motifs is 1. The van der Waals surface area contributed by atoms with Crippen molar-refractivity contribution < 1.29 is 8.42 Å². The zero-order valence-corrected chi connectivity index (χ0v) is 15.2. The molecule has 2 fully saturated rings. The minimum atomic E-state index is -3.05. The molecule has 0 radical (unpaired) electrons. The number of nitrogens with zero attached hydrogens (tertiary/aromatic N) is 2. The van der Waals surface area contributed by atoms with E-state index in [2.05, 4.69) is 29.2 Å². The van der Waals surface area contributed by atoms with Gasteiger partial charge in [-0.2, -0.15) is 4.31 Å². The van der Waals surface area contributed by atoms with Gasteiger partial charge >= 0.3 is 0 Å². The van der Waals surface area contributed by atoms with Crippen molar-refractivity contribution in [2.24, 2.45) is 5.92 Å². The lowest BCUT2D eigenvalue weighted by atomic mass is 9.91. The maximum atomic E-state index is 12.6. The molecule has 1 saturated carbocycles. The molecule has 2 heterocycles. The summed E-state index contributed by atoms with van der Waals surface area (Å²) in [5.74, 6) is 0.771. The highest BCUT2D eigenvalue weighted by atomic mass is 32.2. The van der Waals surface area contributed by atoms with Crippen LogP contribution in [0.5, 0.6) is 0 Å². The summed E-state index contributed by atoms with van der Waals surface area (Å²) in [4.78, 5) is 2.47. The van der Waals surface area contributed by atoms with Crippen LogP contribution in [0.4, 0.5) is 0 Å². The van der Waals surface area contributed by atoms with Gasteiger partial charge in [-0.25, -0.2) is 8.42 Å². The van der Waals surface area contributed by atoms with Crippen molar-refractivity contribution in [3.8, 4) is 0 Å². The normalized spacial score (nSPS) is 24.5. The molecule has 24 heavy (non-hydrogen) atoms. The molecular formula is C19H28N2O2S. The van der Waals surface area contributed by atoms with E-state index in [0.29, 0.717) is 30.8 Å². The Labute approximate surface area is 145 Å². The molecular weight excluding hydrogens is 320 g/mol. The number of hydrogen-bond acceptors (Lipinski definition) is 3. The summed E-state index contributed by atoms with van der Waals surface area (Å²) >= 11 is 0. The van der Waals surface area contributed by atoms with Crippen molar-refractivity contribution in [2.45, 2.75) is 51.1 Å². The van der Waals surface area contributed by atoms with Gasteiger partial charge in [-0.1, -0.05) is 43.5 Å². The molecule has 3 aliphatic rings. The Morgan fingerprint density at radius 2 is 1.71 bits per heavy atom. The third-order valence-corrected chi connectivity index (χ3v) is 8.05. The molecule has 4 rings (SSSR count). The molecule has 0 N–H and O–H groups in total. The Bertz CT molecular complexity index is 676. The second-order valence-electron chi connectivity index (χ2n) is 7.74. The van der Waals surface area contributed by atoms with E-state index in [1.165, 1.54) is 30.4 Å². The summed E-state index contributed by atoms with van der Waals surface area (Å²) in [5, 5.41) is 0. The minimum Gasteiger partial charge on any atom is -0.293 e. The summed E-state index contributed by atoms with van der Waals surface area (Å²) in [5.41, 5.74) is 2.86. The Morgan fingerprint density at radius 3 is 2.46 bits per heavy atom. The van der Waals surface area contributed by atoms with Crippen molar-refractivity contribution >= 4 is 10.0 Å². The lowest BCUT2D eigenvalue weighted by Gasteiger charge is -2.46. The summed E-state index contributed by atoms with van der Waals surface area (Å²) < 4.78 is 27.0. The Morgan fingerprint density at radius 1 is 1.00 bits per heavy atom. The quantitative estimate of drug-likeness (QED) is 0.840. The van der Waals surface area contributed by atoms with Gasteiger partial charge in [0.2, 0.25) is 10.0 Å². The first-order chi connectivity index (χ1) is 11.6. The fourth-order valence-electron chi connectivity index (χ4n) is 4.46. The molecule has 0 bridgehead atoms. The van der Waals surface area contributed by atoms with E-state index in [9.17, 15) is 8.42 Å². The molecule has 0 aromatic heterocycles. The summed E-state index contributed by atoms with van der Waals surface area (Å²) in [7, 11) is -3.05. The predicted molar refractivity (Wildman–Crippen MR) is 96.3 cm³/mol. The van der Waals surface area contributed by atoms with Crippen LogP contribution < -0.4 is 0 Å². The highest BCUT2D eigenvalue weighted by Gasteiger charge is 2.40. The van der Waals surface area contributed by atoms with E-state index in [0.717, 1.165) is 32.4 Å². The van der Waals surface area contributed by atoms with Crippen LogP contribution >= 0.6 is 0 Å². The lowest BCUT2D eigenvalue weighted by molar-refractivity contribution is 0.0765. The van der Waals surface area contributed by atoms with Crippen LogP contribution in [0.3, 0.4) is 0 Å². The Balaban J connectivity index is 1.31. The lowest BCUT2D eigenvalue weighted by Crippen LogP contribution is -2.62. The topological polar surface area (TPSA) is 40.6 Å². The van der Waals surface area contributed by atoms with Gasteiger partial charge in [0, 0.05) is 32.2 Å². The average Bonchev–Trinajstić information content (AvgIpc) is 2.53. The molecule has 0 amide bonds. The monoisotopic (exact) mass is 348 g/mol. The molecule has 0 unspecified atom stereocenters. The SMILES string of the molecule is O=S(=O)(CC1CCCCC1)N1CC(N2CCc3ccccc3C2)C1. The molecule has 5 heteroatoms. The summed E-state index contributed by atoms with van der Waals surface area (Å²) in [6.07, 6.45) is 6.96. The molecule has 1 aliphatic carbocycles. The largest absolute Gasteiger partial charge is 0.293 e. The predicted octanol–water partition coefficient (Wildman–Crippen LogP) is 2.64. The van der Waals surface area contributed by atoms with Crippen molar-refractivity contribution in [3.05, 3.63) is 35.4 Å². The van der Waals surface area contributed by atoms with Crippen LogP contribution in [0.15, 0.2) is 24.3 Å². The third kappa shape index (κ3) is 3.39. The number of sulfonamides is 1. The maximum absolute atomic E-state index is 12.6. The highest BCUT2D eigenvalue weighted by Crippen LogP contribution is 2.29. The van der Waals surface area contributed by atoms with Gasteiger partial charge in [0.05, 0.1) is 5.75 Å². The first-order valence-corrected chi connectivity index (χ1v) is 11.0. The summed E-state index contributed by atoms with van der Waals surface area (Å²) in [6.45, 7) is 3.41. The maximum Gasteiger partial charge on any atom is 0.214 e. The molecule has 4 nitrogen and oxygen atoms in total. The van der Waals surface area contributed by atoms with Crippen LogP contribution in [-0.2, 0) is 23.0 Å². The van der Waals surface area contributed by atoms with Crippen LogP contribution in [0.25, 0.3) is 0 Å². The number of rotatable bonds is 4. The van der Waals surface area contributed by atoms with Crippen LogP contribution in [0.1, 0.15) is 43.2 Å². The van der Waals surface area contributed by atoms with Crippen molar-refractivity contribution in [1.82, 2.24) is 9.21 Å². The van der Waals surface area contributed by atoms with Gasteiger partial charge < -0.3 is 0 Å². The molecule has 0 spiro atoms. The first-order valence-electron chi connectivity index (χ1n) is 9.40. The second-order valence-corrected chi connectivity index (χ2v) is 9.76. The first kappa shape index (κ1) is 16.6. The van der Waals surface area contributed by atoms with Crippen LogP contribution in [0, 0.1) is 5.92 Å². The summed E-state index contributed by atoms with van der Waals surface area (Å²) in [6, 6.07) is 9.03. The van der Waals surface area contributed by atoms with Crippen molar-refractivity contribution in [3.63, 3.8) is 0 Å². The molecule has 0 atom stereocenters. The number of benzene rings is 1. The van der Waals surface area contributed by atoms with Gasteiger partial charge in [0.15, 0.2) is 0 Å². The zero-order valence-electron chi connectivity index (χ0n) is 14.4. The van der Waals surface area contributed by atoms with Gasteiger partial charge in [-0.3, -0.25) is 4.90 Å². The smallest absolute Gasteiger partial charge is 0.214 e. The molecule has 2 aliphatic heterocycles. The molecule has 132 valence electrons. The van der Waals surface area contributed by atoms with E-state index in [1.54, 1.807) is 4.31 Å². The zero-order chi connectivity index (χ0) is 16.6. The third-order valence-electron chi connectivity index (χ3n) is 6.07. The fraction of sp³-hybridized carbons (Fsp3) is 0.684. The Kier molecular flexibility index (Phi) is 4.67. The van der Waals surface area contributed by atoms with Crippen molar-refractivity contribution in [1.29, 1.82) is 0 Å². The van der Waals surface area contributed by atoms with E-state index < -0.39 is 10.0 Å².